The molecule has 0 aliphatic carbocycles. The standard InChI is InChI=1S/C22H30ClNO4S2/c1-15-6-12-19(13-7-15)30(27,28)24-21(17-8-10-18(23)11-9-17)16(2)20(25)14-29(26)22(3,4)5/h6-13,16,20-21,24-25H,14H2,1-5H3/t16-,20+,21+,29?/m0/s1. The second-order valence-electron chi connectivity index (χ2n) is 8.51. The summed E-state index contributed by atoms with van der Waals surface area (Å²) in [5, 5.41) is 11.3. The summed E-state index contributed by atoms with van der Waals surface area (Å²) in [4.78, 5) is 0.145. The molecule has 8 heteroatoms. The summed E-state index contributed by atoms with van der Waals surface area (Å²) >= 11 is 5.99. The van der Waals surface area contributed by atoms with Crippen molar-refractivity contribution in [1.29, 1.82) is 0 Å². The number of hydrogen-bond donors (Lipinski definition) is 2. The zero-order valence-electron chi connectivity index (χ0n) is 17.9. The molecule has 0 saturated heterocycles. The van der Waals surface area contributed by atoms with Gasteiger partial charge in [-0.3, -0.25) is 4.21 Å². The van der Waals surface area contributed by atoms with Gasteiger partial charge in [0.2, 0.25) is 10.0 Å². The molecule has 0 amide bonds. The molecule has 1 unspecified atom stereocenters. The molecule has 0 heterocycles. The predicted molar refractivity (Wildman–Crippen MR) is 124 cm³/mol. The number of halogens is 1. The summed E-state index contributed by atoms with van der Waals surface area (Å²) in [5.41, 5.74) is 1.62. The van der Waals surface area contributed by atoms with Gasteiger partial charge in [0.05, 0.1) is 22.8 Å². The van der Waals surface area contributed by atoms with Crippen LogP contribution in [-0.2, 0) is 20.8 Å². The highest BCUT2D eigenvalue weighted by molar-refractivity contribution is 7.89. The zero-order chi connectivity index (χ0) is 22.7. The van der Waals surface area contributed by atoms with E-state index in [1.165, 1.54) is 0 Å². The first-order valence-electron chi connectivity index (χ1n) is 9.72. The van der Waals surface area contributed by atoms with Crippen LogP contribution in [0.3, 0.4) is 0 Å². The van der Waals surface area contributed by atoms with Gasteiger partial charge in [0, 0.05) is 26.5 Å². The molecule has 5 nitrogen and oxygen atoms in total. The molecule has 0 saturated carbocycles. The molecule has 0 aliphatic rings. The molecule has 0 fully saturated rings. The van der Waals surface area contributed by atoms with E-state index in [0.717, 1.165) is 5.56 Å². The van der Waals surface area contributed by atoms with Crippen LogP contribution in [0.4, 0.5) is 0 Å². The average molecular weight is 472 g/mol. The van der Waals surface area contributed by atoms with Gasteiger partial charge in [-0.1, -0.05) is 48.4 Å². The van der Waals surface area contributed by atoms with Crippen molar-refractivity contribution >= 4 is 32.4 Å². The Balaban J connectivity index is 2.36. The van der Waals surface area contributed by atoms with E-state index in [2.05, 4.69) is 4.72 Å². The number of benzene rings is 2. The van der Waals surface area contributed by atoms with Crippen molar-refractivity contribution in [1.82, 2.24) is 4.72 Å². The van der Waals surface area contributed by atoms with Crippen LogP contribution in [0.5, 0.6) is 0 Å². The van der Waals surface area contributed by atoms with Gasteiger partial charge >= 0.3 is 0 Å². The number of sulfonamides is 1. The summed E-state index contributed by atoms with van der Waals surface area (Å²) in [6.45, 7) is 9.17. The van der Waals surface area contributed by atoms with Gasteiger partial charge in [0.15, 0.2) is 0 Å². The first kappa shape index (κ1) is 25.0. The molecule has 166 valence electrons. The first-order valence-corrected chi connectivity index (χ1v) is 12.9. The summed E-state index contributed by atoms with van der Waals surface area (Å²) in [7, 11) is -5.11. The first-order chi connectivity index (χ1) is 13.8. The molecular weight excluding hydrogens is 442 g/mol. The van der Waals surface area contributed by atoms with Crippen molar-refractivity contribution < 1.29 is 17.7 Å². The molecule has 2 aromatic carbocycles. The molecule has 2 aromatic rings. The Bertz CT molecular complexity index is 968. The van der Waals surface area contributed by atoms with E-state index in [1.807, 2.05) is 27.7 Å². The fraction of sp³-hybridized carbons (Fsp3) is 0.455. The molecule has 0 bridgehead atoms. The summed E-state index contributed by atoms with van der Waals surface area (Å²) in [5.74, 6) is -0.473. The van der Waals surface area contributed by atoms with E-state index in [1.54, 1.807) is 55.5 Å². The Morgan fingerprint density at radius 3 is 2.10 bits per heavy atom. The highest BCUT2D eigenvalue weighted by Gasteiger charge is 2.33. The Labute approximate surface area is 187 Å². The van der Waals surface area contributed by atoms with Gasteiger partial charge in [-0.2, -0.15) is 0 Å². The molecular formula is C22H30ClNO4S2. The monoisotopic (exact) mass is 471 g/mol. The Hall–Kier alpha value is -1.25. The number of rotatable bonds is 8. The van der Waals surface area contributed by atoms with Crippen LogP contribution in [0.15, 0.2) is 53.4 Å². The van der Waals surface area contributed by atoms with Gasteiger partial charge in [-0.25, -0.2) is 13.1 Å². The predicted octanol–water partition coefficient (Wildman–Crippen LogP) is 4.21. The Morgan fingerprint density at radius 2 is 1.60 bits per heavy atom. The van der Waals surface area contributed by atoms with E-state index in [9.17, 15) is 17.7 Å². The van der Waals surface area contributed by atoms with Crippen molar-refractivity contribution in [3.63, 3.8) is 0 Å². The molecule has 0 aromatic heterocycles. The van der Waals surface area contributed by atoms with Gasteiger partial charge in [-0.05, 0) is 57.5 Å². The lowest BCUT2D eigenvalue weighted by Crippen LogP contribution is -2.40. The molecule has 4 atom stereocenters. The van der Waals surface area contributed by atoms with Gasteiger partial charge in [-0.15, -0.1) is 0 Å². The summed E-state index contributed by atoms with van der Waals surface area (Å²) in [6.07, 6.45) is -0.966. The molecule has 0 radical (unpaired) electrons. The zero-order valence-corrected chi connectivity index (χ0v) is 20.3. The second kappa shape index (κ2) is 9.92. The number of nitrogens with one attached hydrogen (secondary N) is 1. The maximum Gasteiger partial charge on any atom is 0.241 e. The van der Waals surface area contributed by atoms with Crippen molar-refractivity contribution in [2.45, 2.75) is 56.4 Å². The maximum atomic E-state index is 13.0. The van der Waals surface area contributed by atoms with E-state index < -0.39 is 43.6 Å². The van der Waals surface area contributed by atoms with Crippen LogP contribution in [0.25, 0.3) is 0 Å². The van der Waals surface area contributed by atoms with Crippen LogP contribution in [0.1, 0.15) is 44.9 Å². The van der Waals surface area contributed by atoms with Crippen molar-refractivity contribution in [3.05, 3.63) is 64.7 Å². The minimum Gasteiger partial charge on any atom is -0.392 e. The van der Waals surface area contributed by atoms with Crippen molar-refractivity contribution in [2.24, 2.45) is 5.92 Å². The molecule has 0 spiro atoms. The van der Waals surface area contributed by atoms with Gasteiger partial charge in [0.1, 0.15) is 0 Å². The van der Waals surface area contributed by atoms with E-state index in [4.69, 9.17) is 11.6 Å². The highest BCUT2D eigenvalue weighted by Crippen LogP contribution is 2.29. The van der Waals surface area contributed by atoms with Gasteiger partial charge in [0.25, 0.3) is 0 Å². The minimum atomic E-state index is -3.84. The quantitative estimate of drug-likeness (QED) is 0.604. The fourth-order valence-corrected chi connectivity index (χ4v) is 5.44. The smallest absolute Gasteiger partial charge is 0.241 e. The normalized spacial score (nSPS) is 16.6. The minimum absolute atomic E-state index is 0.0566. The SMILES string of the molecule is Cc1ccc(S(=O)(=O)N[C@@H](c2ccc(Cl)cc2)[C@@H](C)[C@H](O)CS(=O)C(C)(C)C)cc1. The maximum absolute atomic E-state index is 13.0. The van der Waals surface area contributed by atoms with E-state index in [-0.39, 0.29) is 10.6 Å². The number of aryl methyl sites for hydroxylation is 1. The molecule has 0 aliphatic heterocycles. The third-order valence-corrected chi connectivity index (χ3v) is 8.70. The van der Waals surface area contributed by atoms with E-state index in [0.29, 0.717) is 10.6 Å². The molecule has 2 N–H and O–H groups in total. The lowest BCUT2D eigenvalue weighted by Gasteiger charge is -2.30. The second-order valence-corrected chi connectivity index (χ2v) is 12.9. The van der Waals surface area contributed by atoms with E-state index >= 15 is 0 Å². The van der Waals surface area contributed by atoms with Crippen molar-refractivity contribution in [2.75, 3.05) is 5.75 Å². The van der Waals surface area contributed by atoms with Crippen LogP contribution >= 0.6 is 11.6 Å². The molecule has 30 heavy (non-hydrogen) atoms. The Morgan fingerprint density at radius 1 is 1.07 bits per heavy atom. The Kier molecular flexibility index (Phi) is 8.27. The van der Waals surface area contributed by atoms with Gasteiger partial charge < -0.3 is 5.11 Å². The largest absolute Gasteiger partial charge is 0.392 e. The number of hydrogen-bond acceptors (Lipinski definition) is 4. The fourth-order valence-electron chi connectivity index (χ4n) is 2.88. The van der Waals surface area contributed by atoms with Crippen molar-refractivity contribution in [3.8, 4) is 0 Å². The number of aliphatic hydroxyl groups excluding tert-OH is 1. The lowest BCUT2D eigenvalue weighted by atomic mass is 9.91. The lowest BCUT2D eigenvalue weighted by molar-refractivity contribution is 0.119. The number of aliphatic hydroxyl groups is 1. The molecule has 2 rings (SSSR count). The summed E-state index contributed by atoms with van der Waals surface area (Å²) in [6, 6.07) is 12.7. The average Bonchev–Trinajstić information content (AvgIpc) is 2.66. The highest BCUT2D eigenvalue weighted by atomic mass is 35.5. The van der Waals surface area contributed by atoms with Crippen LogP contribution in [0, 0.1) is 12.8 Å². The van der Waals surface area contributed by atoms with Crippen LogP contribution in [0.2, 0.25) is 5.02 Å². The third kappa shape index (κ3) is 6.62. The topological polar surface area (TPSA) is 83.5 Å². The van der Waals surface area contributed by atoms with Crippen LogP contribution < -0.4 is 4.72 Å². The third-order valence-electron chi connectivity index (χ3n) is 4.98. The summed E-state index contributed by atoms with van der Waals surface area (Å²) < 4.78 is 40.8. The van der Waals surface area contributed by atoms with Crippen LogP contribution in [-0.4, -0.2) is 34.3 Å².